The summed E-state index contributed by atoms with van der Waals surface area (Å²) in [5.41, 5.74) is 2.59. The fourth-order valence-corrected chi connectivity index (χ4v) is 4.63. The van der Waals surface area contributed by atoms with Gasteiger partial charge in [0.1, 0.15) is 12.2 Å². The van der Waals surface area contributed by atoms with Crippen molar-refractivity contribution < 1.29 is 29.3 Å². The van der Waals surface area contributed by atoms with Gasteiger partial charge in [0.2, 0.25) is 0 Å². The van der Waals surface area contributed by atoms with Crippen LogP contribution < -0.4 is 0 Å². The van der Waals surface area contributed by atoms with Crippen LogP contribution in [0.1, 0.15) is 94.6 Å². The number of hydrogen-bond acceptors (Lipinski definition) is 6. The quantitative estimate of drug-likeness (QED) is 0.121. The van der Waals surface area contributed by atoms with Crippen molar-refractivity contribution in [3.63, 3.8) is 0 Å². The molecular weight excluding hydrogens is 492 g/mol. The Balaban J connectivity index is 1.76. The predicted octanol–water partition coefficient (Wildman–Crippen LogP) is 6.47. The summed E-state index contributed by atoms with van der Waals surface area (Å²) in [7, 11) is 0. The van der Waals surface area contributed by atoms with E-state index in [-0.39, 0.29) is 0 Å². The highest BCUT2D eigenvalue weighted by Gasteiger charge is 2.15. The molecule has 0 saturated carbocycles. The first kappa shape index (κ1) is 32.3. The number of aliphatic hydroxyl groups is 2. The Bertz CT molecular complexity index is 955. The Morgan fingerprint density at radius 1 is 0.641 bits per heavy atom. The largest absolute Gasteiger partial charge is 0.464 e. The number of benzene rings is 2. The van der Waals surface area contributed by atoms with Crippen LogP contribution in [-0.4, -0.2) is 47.6 Å². The SMILES string of the molecule is CC(O)C(=O)OCCCCC(CC/C=C/CCCC(CCOC(=O)C(C)O)c1ccccc1)c1ccccc1. The molecule has 2 N–H and O–H groups in total. The predicted molar refractivity (Wildman–Crippen MR) is 154 cm³/mol. The van der Waals surface area contributed by atoms with E-state index < -0.39 is 24.1 Å². The molecule has 0 bridgehead atoms. The first-order valence-electron chi connectivity index (χ1n) is 14.3. The molecule has 0 saturated heterocycles. The van der Waals surface area contributed by atoms with Crippen molar-refractivity contribution >= 4 is 11.9 Å². The van der Waals surface area contributed by atoms with Crippen LogP contribution in [0.25, 0.3) is 0 Å². The summed E-state index contributed by atoms with van der Waals surface area (Å²) in [5, 5.41) is 18.6. The first-order valence-corrected chi connectivity index (χ1v) is 14.3. The van der Waals surface area contributed by atoms with Gasteiger partial charge in [-0.15, -0.1) is 0 Å². The van der Waals surface area contributed by atoms with Crippen LogP contribution in [0.5, 0.6) is 0 Å². The Morgan fingerprint density at radius 2 is 1.13 bits per heavy atom. The number of esters is 2. The number of carbonyl (C=O) groups is 2. The van der Waals surface area contributed by atoms with E-state index in [0.717, 1.165) is 57.8 Å². The fraction of sp³-hybridized carbons (Fsp3) is 0.515. The normalized spacial score (nSPS) is 14.5. The van der Waals surface area contributed by atoms with Crippen LogP contribution in [0, 0.1) is 0 Å². The van der Waals surface area contributed by atoms with Gasteiger partial charge in [0.15, 0.2) is 0 Å². The second kappa shape index (κ2) is 19.2. The van der Waals surface area contributed by atoms with Gasteiger partial charge in [-0.3, -0.25) is 0 Å². The summed E-state index contributed by atoms with van der Waals surface area (Å²) in [6.07, 6.45) is 11.0. The zero-order valence-electron chi connectivity index (χ0n) is 23.5. The Hall–Kier alpha value is -2.96. The van der Waals surface area contributed by atoms with Gasteiger partial charge < -0.3 is 19.7 Å². The highest BCUT2D eigenvalue weighted by molar-refractivity contribution is 5.74. The minimum absolute atomic E-state index is 0.309. The van der Waals surface area contributed by atoms with E-state index in [2.05, 4.69) is 48.6 Å². The third-order valence-electron chi connectivity index (χ3n) is 6.90. The third kappa shape index (κ3) is 13.6. The zero-order valence-corrected chi connectivity index (χ0v) is 23.5. The lowest BCUT2D eigenvalue weighted by molar-refractivity contribution is -0.153. The maximum atomic E-state index is 11.6. The molecule has 0 aliphatic heterocycles. The monoisotopic (exact) mass is 538 g/mol. The number of unbranched alkanes of at least 4 members (excludes halogenated alkanes) is 2. The summed E-state index contributed by atoms with van der Waals surface area (Å²) in [5.74, 6) is -0.369. The summed E-state index contributed by atoms with van der Waals surface area (Å²) in [6.45, 7) is 3.49. The average molecular weight is 539 g/mol. The molecule has 4 atom stereocenters. The van der Waals surface area contributed by atoms with E-state index >= 15 is 0 Å². The van der Waals surface area contributed by atoms with Crippen LogP contribution in [0.15, 0.2) is 72.8 Å². The van der Waals surface area contributed by atoms with Gasteiger partial charge in [-0.25, -0.2) is 9.59 Å². The second-order valence-corrected chi connectivity index (χ2v) is 10.2. The third-order valence-corrected chi connectivity index (χ3v) is 6.90. The standard InChI is InChI=1S/C33H46O6/c1-26(34)32(36)38-24-15-14-22-29(28-17-10-6-11-18-28)16-8-4-3-5-9-21-31(30-19-12-7-13-20-30)23-25-39-33(37)27(2)35/h3-4,6-7,10-13,17-20,26-27,29,31,34-35H,5,8-9,14-16,21-25H2,1-2H3/b4-3+. The Kier molecular flexibility index (Phi) is 15.8. The number of ether oxygens (including phenoxy) is 2. The molecule has 214 valence electrons. The van der Waals surface area contributed by atoms with Crippen molar-refractivity contribution in [2.75, 3.05) is 13.2 Å². The average Bonchev–Trinajstić information content (AvgIpc) is 2.94. The summed E-state index contributed by atoms with van der Waals surface area (Å²) in [6, 6.07) is 20.9. The van der Waals surface area contributed by atoms with E-state index in [9.17, 15) is 19.8 Å². The molecule has 0 amide bonds. The lowest BCUT2D eigenvalue weighted by atomic mass is 9.89. The minimum Gasteiger partial charge on any atom is -0.464 e. The van der Waals surface area contributed by atoms with Crippen molar-refractivity contribution in [3.05, 3.63) is 83.9 Å². The Morgan fingerprint density at radius 3 is 1.69 bits per heavy atom. The van der Waals surface area contributed by atoms with Gasteiger partial charge in [-0.05, 0) is 94.6 Å². The lowest BCUT2D eigenvalue weighted by Crippen LogP contribution is -2.20. The van der Waals surface area contributed by atoms with Crippen LogP contribution in [-0.2, 0) is 19.1 Å². The molecule has 0 radical (unpaired) electrons. The number of rotatable bonds is 19. The minimum atomic E-state index is -1.09. The van der Waals surface area contributed by atoms with Gasteiger partial charge in [-0.2, -0.15) is 0 Å². The maximum Gasteiger partial charge on any atom is 0.334 e. The smallest absolute Gasteiger partial charge is 0.334 e. The summed E-state index contributed by atoms with van der Waals surface area (Å²) in [4.78, 5) is 23.0. The number of carbonyl (C=O) groups excluding carboxylic acids is 2. The summed E-state index contributed by atoms with van der Waals surface area (Å²) < 4.78 is 10.3. The van der Waals surface area contributed by atoms with Crippen molar-refractivity contribution in [1.82, 2.24) is 0 Å². The zero-order chi connectivity index (χ0) is 28.3. The van der Waals surface area contributed by atoms with Gasteiger partial charge in [0.25, 0.3) is 0 Å². The van der Waals surface area contributed by atoms with E-state index in [1.807, 2.05) is 24.3 Å². The van der Waals surface area contributed by atoms with Crippen LogP contribution in [0.2, 0.25) is 0 Å². The Labute approximate surface area is 234 Å². The molecule has 0 fully saturated rings. The van der Waals surface area contributed by atoms with E-state index in [4.69, 9.17) is 9.47 Å². The van der Waals surface area contributed by atoms with E-state index in [0.29, 0.717) is 25.0 Å². The number of allylic oxidation sites excluding steroid dienone is 2. The van der Waals surface area contributed by atoms with Crippen LogP contribution in [0.3, 0.4) is 0 Å². The van der Waals surface area contributed by atoms with Crippen LogP contribution in [0.4, 0.5) is 0 Å². The molecule has 2 aromatic carbocycles. The number of hydrogen-bond donors (Lipinski definition) is 2. The number of aliphatic hydroxyl groups excluding tert-OH is 2. The molecule has 6 nitrogen and oxygen atoms in total. The van der Waals surface area contributed by atoms with Crippen molar-refractivity contribution in [2.24, 2.45) is 0 Å². The molecule has 2 rings (SSSR count). The van der Waals surface area contributed by atoms with Crippen molar-refractivity contribution in [3.8, 4) is 0 Å². The molecule has 39 heavy (non-hydrogen) atoms. The van der Waals surface area contributed by atoms with Crippen LogP contribution >= 0.6 is 0 Å². The molecule has 4 unspecified atom stereocenters. The van der Waals surface area contributed by atoms with Gasteiger partial charge in [-0.1, -0.05) is 72.8 Å². The molecular formula is C33H46O6. The summed E-state index contributed by atoms with van der Waals surface area (Å²) >= 11 is 0. The topological polar surface area (TPSA) is 93.1 Å². The molecule has 0 aromatic heterocycles. The molecule has 6 heteroatoms. The first-order chi connectivity index (χ1) is 18.9. The van der Waals surface area contributed by atoms with Crippen molar-refractivity contribution in [2.45, 2.75) is 95.7 Å². The highest BCUT2D eigenvalue weighted by Crippen LogP contribution is 2.28. The maximum absolute atomic E-state index is 11.6. The van der Waals surface area contributed by atoms with Gasteiger partial charge in [0.05, 0.1) is 13.2 Å². The molecule has 2 aromatic rings. The van der Waals surface area contributed by atoms with Gasteiger partial charge >= 0.3 is 11.9 Å². The second-order valence-electron chi connectivity index (χ2n) is 10.2. The molecule has 0 heterocycles. The lowest BCUT2D eigenvalue weighted by Gasteiger charge is -2.18. The van der Waals surface area contributed by atoms with Gasteiger partial charge in [0, 0.05) is 0 Å². The highest BCUT2D eigenvalue weighted by atomic mass is 16.5. The molecule has 0 aliphatic rings. The fourth-order valence-electron chi connectivity index (χ4n) is 4.63. The van der Waals surface area contributed by atoms with Crippen molar-refractivity contribution in [1.29, 1.82) is 0 Å². The molecule has 0 aliphatic carbocycles. The van der Waals surface area contributed by atoms with E-state index in [1.54, 1.807) is 0 Å². The molecule has 0 spiro atoms. The van der Waals surface area contributed by atoms with E-state index in [1.165, 1.54) is 25.0 Å².